The summed E-state index contributed by atoms with van der Waals surface area (Å²) < 4.78 is 5.25. The molecule has 2 N–H and O–H groups in total. The predicted molar refractivity (Wildman–Crippen MR) is 68.3 cm³/mol. The average molecular weight is 256 g/mol. The van der Waals surface area contributed by atoms with Crippen LogP contribution in [0.4, 0.5) is 0 Å². The number of rotatable bonds is 3. The fourth-order valence-electron chi connectivity index (χ4n) is 2.76. The molecule has 0 aromatic heterocycles. The molecule has 104 valence electrons. The number of hydrogen-bond donors (Lipinski definition) is 2. The molecule has 0 spiro atoms. The van der Waals surface area contributed by atoms with Crippen molar-refractivity contribution >= 4 is 5.91 Å². The highest BCUT2D eigenvalue weighted by Gasteiger charge is 2.34. The molecule has 1 atom stereocenters. The van der Waals surface area contributed by atoms with Crippen molar-refractivity contribution in [1.82, 2.24) is 10.2 Å². The number of amides is 1. The van der Waals surface area contributed by atoms with Crippen molar-refractivity contribution in [3.63, 3.8) is 0 Å². The number of piperidine rings is 1. The second kappa shape index (κ2) is 5.99. The van der Waals surface area contributed by atoms with Gasteiger partial charge in [0.15, 0.2) is 0 Å². The molecule has 2 saturated heterocycles. The van der Waals surface area contributed by atoms with Gasteiger partial charge in [0, 0.05) is 39.6 Å². The van der Waals surface area contributed by atoms with E-state index in [1.54, 1.807) is 11.9 Å². The number of nitrogens with zero attached hydrogens (tertiary/aromatic N) is 1. The number of carbonyl (C=O) groups is 1. The van der Waals surface area contributed by atoms with Gasteiger partial charge < -0.3 is 20.1 Å². The molecule has 1 amide bonds. The summed E-state index contributed by atoms with van der Waals surface area (Å²) in [6.45, 7) is 2.50. The largest absolute Gasteiger partial charge is 0.388 e. The topological polar surface area (TPSA) is 61.8 Å². The fourth-order valence-corrected chi connectivity index (χ4v) is 2.76. The summed E-state index contributed by atoms with van der Waals surface area (Å²) in [6.07, 6.45) is 4.39. The van der Waals surface area contributed by atoms with Crippen LogP contribution in [-0.2, 0) is 9.53 Å². The van der Waals surface area contributed by atoms with E-state index in [1.807, 2.05) is 0 Å². The van der Waals surface area contributed by atoms with E-state index >= 15 is 0 Å². The van der Waals surface area contributed by atoms with Crippen molar-refractivity contribution < 1.29 is 14.6 Å². The highest BCUT2D eigenvalue weighted by atomic mass is 16.5. The van der Waals surface area contributed by atoms with Crippen LogP contribution in [0.5, 0.6) is 0 Å². The van der Waals surface area contributed by atoms with E-state index in [0.29, 0.717) is 32.6 Å². The Morgan fingerprint density at radius 1 is 1.44 bits per heavy atom. The predicted octanol–water partition coefficient (Wildman–Crippen LogP) is 0.128. The monoisotopic (exact) mass is 256 g/mol. The Balaban J connectivity index is 1.85. The molecule has 2 fully saturated rings. The Hall–Kier alpha value is -0.650. The van der Waals surface area contributed by atoms with Crippen LogP contribution in [-0.4, -0.2) is 60.9 Å². The summed E-state index contributed by atoms with van der Waals surface area (Å²) in [5.74, 6) is 0.106. The van der Waals surface area contributed by atoms with E-state index in [9.17, 15) is 9.90 Å². The van der Waals surface area contributed by atoms with E-state index in [2.05, 4.69) is 5.32 Å². The molecular weight excluding hydrogens is 232 g/mol. The Bertz CT molecular complexity index is 284. The minimum absolute atomic E-state index is 0.0628. The molecule has 0 aliphatic carbocycles. The lowest BCUT2D eigenvalue weighted by atomic mass is 9.93. The van der Waals surface area contributed by atoms with E-state index in [4.69, 9.17) is 4.74 Å². The van der Waals surface area contributed by atoms with Gasteiger partial charge in [-0.25, -0.2) is 0 Å². The summed E-state index contributed by atoms with van der Waals surface area (Å²) in [4.78, 5) is 13.9. The van der Waals surface area contributed by atoms with Crippen LogP contribution < -0.4 is 5.32 Å². The summed E-state index contributed by atoms with van der Waals surface area (Å²) in [7, 11) is 1.78. The number of ether oxygens (including phenoxy) is 1. The lowest BCUT2D eigenvalue weighted by Crippen LogP contribution is -2.53. The lowest BCUT2D eigenvalue weighted by Gasteiger charge is -2.37. The number of aliphatic hydroxyl groups is 1. The van der Waals surface area contributed by atoms with Gasteiger partial charge >= 0.3 is 0 Å². The van der Waals surface area contributed by atoms with Gasteiger partial charge in [-0.2, -0.15) is 0 Å². The standard InChI is InChI=1S/C13H24N2O3/c1-15(10-13(17)5-8-18-9-6-13)12(16)11-4-2-3-7-14-11/h11,14,17H,2-10H2,1H3/t11-/m0/s1. The summed E-state index contributed by atoms with van der Waals surface area (Å²) in [6, 6.07) is -0.0628. The zero-order valence-corrected chi connectivity index (χ0v) is 11.2. The first-order valence-corrected chi connectivity index (χ1v) is 6.89. The first kappa shape index (κ1) is 13.8. The quantitative estimate of drug-likeness (QED) is 0.753. The molecule has 0 saturated carbocycles. The van der Waals surface area contributed by atoms with Crippen molar-refractivity contribution in [2.24, 2.45) is 0 Å². The maximum absolute atomic E-state index is 12.2. The SMILES string of the molecule is CN(CC1(O)CCOCC1)C(=O)[C@@H]1CCCCN1. The molecule has 2 aliphatic rings. The van der Waals surface area contributed by atoms with E-state index in [1.165, 1.54) is 0 Å². The molecule has 0 radical (unpaired) electrons. The van der Waals surface area contributed by atoms with Gasteiger partial charge in [-0.15, -0.1) is 0 Å². The molecule has 2 aliphatic heterocycles. The Labute approximate surface area is 108 Å². The summed E-state index contributed by atoms with van der Waals surface area (Å²) in [5, 5.41) is 13.6. The maximum Gasteiger partial charge on any atom is 0.239 e. The lowest BCUT2D eigenvalue weighted by molar-refractivity contribution is -0.139. The fraction of sp³-hybridized carbons (Fsp3) is 0.923. The van der Waals surface area contributed by atoms with E-state index < -0.39 is 5.60 Å². The minimum Gasteiger partial charge on any atom is -0.388 e. The average Bonchev–Trinajstić information content (AvgIpc) is 2.39. The zero-order valence-electron chi connectivity index (χ0n) is 11.2. The van der Waals surface area contributed by atoms with Crippen LogP contribution in [0.25, 0.3) is 0 Å². The molecule has 0 bridgehead atoms. The van der Waals surface area contributed by atoms with Crippen molar-refractivity contribution in [3.05, 3.63) is 0 Å². The zero-order chi connectivity index (χ0) is 13.0. The first-order valence-electron chi connectivity index (χ1n) is 6.89. The Kier molecular flexibility index (Phi) is 4.59. The highest BCUT2D eigenvalue weighted by Crippen LogP contribution is 2.22. The van der Waals surface area contributed by atoms with Gasteiger partial charge in [0.2, 0.25) is 5.91 Å². The third kappa shape index (κ3) is 3.43. The molecule has 2 rings (SSSR count). The van der Waals surface area contributed by atoms with Gasteiger partial charge in [0.25, 0.3) is 0 Å². The Morgan fingerprint density at radius 2 is 2.17 bits per heavy atom. The van der Waals surface area contributed by atoms with Gasteiger partial charge in [0.1, 0.15) is 0 Å². The molecule has 0 unspecified atom stereocenters. The van der Waals surface area contributed by atoms with Crippen molar-refractivity contribution in [3.8, 4) is 0 Å². The first-order chi connectivity index (χ1) is 8.61. The van der Waals surface area contributed by atoms with Crippen LogP contribution in [0.2, 0.25) is 0 Å². The van der Waals surface area contributed by atoms with Crippen molar-refractivity contribution in [1.29, 1.82) is 0 Å². The Morgan fingerprint density at radius 3 is 2.78 bits per heavy atom. The normalized spacial score (nSPS) is 27.8. The van der Waals surface area contributed by atoms with Crippen LogP contribution in [0.15, 0.2) is 0 Å². The molecule has 5 nitrogen and oxygen atoms in total. The van der Waals surface area contributed by atoms with Crippen molar-refractivity contribution in [2.45, 2.75) is 43.7 Å². The number of nitrogens with one attached hydrogen (secondary N) is 1. The van der Waals surface area contributed by atoms with Crippen LogP contribution >= 0.6 is 0 Å². The third-order valence-corrected chi connectivity index (χ3v) is 3.94. The second-order valence-corrected chi connectivity index (χ2v) is 5.53. The second-order valence-electron chi connectivity index (χ2n) is 5.53. The molecule has 5 heteroatoms. The number of hydrogen-bond acceptors (Lipinski definition) is 4. The minimum atomic E-state index is -0.767. The summed E-state index contributed by atoms with van der Waals surface area (Å²) >= 11 is 0. The van der Waals surface area contributed by atoms with Crippen LogP contribution in [0.3, 0.4) is 0 Å². The molecule has 18 heavy (non-hydrogen) atoms. The van der Waals surface area contributed by atoms with Crippen LogP contribution in [0.1, 0.15) is 32.1 Å². The summed E-state index contributed by atoms with van der Waals surface area (Å²) in [5.41, 5.74) is -0.767. The number of likely N-dealkylation sites (N-methyl/N-ethyl adjacent to an activating group) is 1. The van der Waals surface area contributed by atoms with Gasteiger partial charge in [-0.1, -0.05) is 6.42 Å². The van der Waals surface area contributed by atoms with Gasteiger partial charge in [-0.3, -0.25) is 4.79 Å². The van der Waals surface area contributed by atoms with Crippen LogP contribution in [0, 0.1) is 0 Å². The van der Waals surface area contributed by atoms with E-state index in [-0.39, 0.29) is 11.9 Å². The smallest absolute Gasteiger partial charge is 0.239 e. The maximum atomic E-state index is 12.2. The highest BCUT2D eigenvalue weighted by molar-refractivity contribution is 5.81. The van der Waals surface area contributed by atoms with Crippen molar-refractivity contribution in [2.75, 3.05) is 33.4 Å². The van der Waals surface area contributed by atoms with E-state index in [0.717, 1.165) is 25.8 Å². The van der Waals surface area contributed by atoms with Gasteiger partial charge in [0.05, 0.1) is 11.6 Å². The molecule has 0 aromatic rings. The molecule has 0 aromatic carbocycles. The molecule has 2 heterocycles. The van der Waals surface area contributed by atoms with Gasteiger partial charge in [-0.05, 0) is 19.4 Å². The molecular formula is C13H24N2O3. The number of carbonyl (C=O) groups excluding carboxylic acids is 1. The third-order valence-electron chi connectivity index (χ3n) is 3.94.